The maximum absolute atomic E-state index is 13.6. The molecule has 0 radical (unpaired) electrons. The van der Waals surface area contributed by atoms with E-state index in [9.17, 15) is 31.1 Å². The lowest BCUT2D eigenvalue weighted by Gasteiger charge is -2.11. The van der Waals surface area contributed by atoms with Gasteiger partial charge in [0.05, 0.1) is 11.1 Å². The molecule has 2 aromatic rings. The van der Waals surface area contributed by atoms with Crippen LogP contribution in [0.2, 0.25) is 0 Å². The van der Waals surface area contributed by atoms with Crippen molar-refractivity contribution >= 4 is 6.29 Å². The van der Waals surface area contributed by atoms with Gasteiger partial charge in [0.1, 0.15) is 11.6 Å². The van der Waals surface area contributed by atoms with Crippen molar-refractivity contribution in [2.75, 3.05) is 0 Å². The van der Waals surface area contributed by atoms with E-state index in [2.05, 4.69) is 0 Å². The quantitative estimate of drug-likeness (QED) is 0.604. The first-order valence-electron chi connectivity index (χ1n) is 5.72. The molecule has 0 aliphatic carbocycles. The number of hydrogen-bond acceptors (Lipinski definition) is 2. The van der Waals surface area contributed by atoms with Gasteiger partial charge < -0.3 is 4.74 Å². The molecule has 0 spiro atoms. The molecular formula is C14H6F6O2. The first-order chi connectivity index (χ1) is 10.2. The number of hydrogen-bond donors (Lipinski definition) is 0. The second-order valence-electron chi connectivity index (χ2n) is 4.14. The predicted octanol–water partition coefficient (Wildman–Crippen LogP) is 4.73. The van der Waals surface area contributed by atoms with Crippen molar-refractivity contribution in [3.8, 4) is 11.5 Å². The second-order valence-corrected chi connectivity index (χ2v) is 4.14. The van der Waals surface area contributed by atoms with Crippen LogP contribution in [0.1, 0.15) is 15.9 Å². The molecule has 8 heteroatoms. The first kappa shape index (κ1) is 15.9. The Morgan fingerprint density at radius 2 is 1.64 bits per heavy atom. The third kappa shape index (κ3) is 3.05. The maximum atomic E-state index is 13.6. The molecule has 116 valence electrons. The molecule has 2 rings (SSSR count). The molecule has 0 atom stereocenters. The van der Waals surface area contributed by atoms with Crippen LogP contribution in [0.3, 0.4) is 0 Å². The van der Waals surface area contributed by atoms with Crippen LogP contribution in [0.25, 0.3) is 0 Å². The van der Waals surface area contributed by atoms with Crippen LogP contribution < -0.4 is 4.74 Å². The first-order valence-corrected chi connectivity index (χ1v) is 5.72. The Bertz CT molecular complexity index is 724. The van der Waals surface area contributed by atoms with E-state index in [0.717, 1.165) is 18.2 Å². The number of rotatable bonds is 3. The Morgan fingerprint density at radius 1 is 0.955 bits per heavy atom. The fraction of sp³-hybridized carbons (Fsp3) is 0.0714. The Balaban J connectivity index is 2.34. The molecule has 0 bridgehead atoms. The number of halogens is 6. The number of ether oxygens (including phenoxy) is 1. The molecule has 22 heavy (non-hydrogen) atoms. The summed E-state index contributed by atoms with van der Waals surface area (Å²) < 4.78 is 82.2. The van der Waals surface area contributed by atoms with Crippen molar-refractivity contribution in [3.63, 3.8) is 0 Å². The summed E-state index contributed by atoms with van der Waals surface area (Å²) in [6.45, 7) is 0. The molecule has 0 aliphatic rings. The summed E-state index contributed by atoms with van der Waals surface area (Å²) in [4.78, 5) is 10.4. The highest BCUT2D eigenvalue weighted by Gasteiger charge is 2.34. The van der Waals surface area contributed by atoms with Gasteiger partial charge in [0.2, 0.25) is 5.82 Å². The Kier molecular flexibility index (Phi) is 4.11. The summed E-state index contributed by atoms with van der Waals surface area (Å²) in [5.41, 5.74) is -2.06. The van der Waals surface area contributed by atoms with Crippen LogP contribution in [0.5, 0.6) is 11.5 Å². The number of aldehydes is 1. The molecule has 0 N–H and O–H groups in total. The lowest BCUT2D eigenvalue weighted by molar-refractivity contribution is -0.140. The lowest BCUT2D eigenvalue weighted by Crippen LogP contribution is -2.07. The van der Waals surface area contributed by atoms with Crippen LogP contribution in [0, 0.1) is 17.5 Å². The normalized spacial score (nSPS) is 11.4. The van der Waals surface area contributed by atoms with E-state index in [1.54, 1.807) is 0 Å². The molecule has 0 heterocycles. The van der Waals surface area contributed by atoms with Crippen molar-refractivity contribution in [2.45, 2.75) is 6.18 Å². The van der Waals surface area contributed by atoms with Gasteiger partial charge in [0.15, 0.2) is 17.9 Å². The van der Waals surface area contributed by atoms with E-state index in [1.807, 2.05) is 0 Å². The summed E-state index contributed by atoms with van der Waals surface area (Å²) in [5, 5.41) is 0. The molecule has 2 nitrogen and oxygen atoms in total. The second kappa shape index (κ2) is 5.70. The lowest BCUT2D eigenvalue weighted by atomic mass is 10.2. The molecule has 2 aromatic carbocycles. The van der Waals surface area contributed by atoms with Crippen molar-refractivity contribution < 1.29 is 35.9 Å². The Labute approximate surface area is 119 Å². The van der Waals surface area contributed by atoms with Crippen molar-refractivity contribution in [2.24, 2.45) is 0 Å². The minimum atomic E-state index is -4.88. The molecular weight excluding hydrogens is 314 g/mol. The zero-order valence-electron chi connectivity index (χ0n) is 10.5. The molecule has 0 aromatic heterocycles. The zero-order valence-corrected chi connectivity index (χ0v) is 10.5. The molecule has 0 unspecified atom stereocenters. The van der Waals surface area contributed by atoms with Crippen molar-refractivity contribution in [1.29, 1.82) is 0 Å². The highest BCUT2D eigenvalue weighted by atomic mass is 19.4. The van der Waals surface area contributed by atoms with Crippen LogP contribution in [-0.2, 0) is 6.18 Å². The third-order valence-electron chi connectivity index (χ3n) is 2.68. The minimum Gasteiger partial charge on any atom is -0.454 e. The number of carbonyl (C=O) groups excluding carboxylic acids is 1. The zero-order chi connectivity index (χ0) is 16.5. The minimum absolute atomic E-state index is 0.0833. The fourth-order valence-electron chi connectivity index (χ4n) is 1.63. The van der Waals surface area contributed by atoms with Gasteiger partial charge in [-0.25, -0.2) is 8.78 Å². The predicted molar refractivity (Wildman–Crippen MR) is 63.2 cm³/mol. The van der Waals surface area contributed by atoms with E-state index >= 15 is 0 Å². The highest BCUT2D eigenvalue weighted by Crippen LogP contribution is 2.34. The van der Waals surface area contributed by atoms with E-state index in [4.69, 9.17) is 4.74 Å². The maximum Gasteiger partial charge on any atom is 0.419 e. The van der Waals surface area contributed by atoms with Crippen molar-refractivity contribution in [1.82, 2.24) is 0 Å². The van der Waals surface area contributed by atoms with Gasteiger partial charge in [-0.15, -0.1) is 0 Å². The Hall–Kier alpha value is -2.51. The van der Waals surface area contributed by atoms with Gasteiger partial charge in [0, 0.05) is 6.07 Å². The smallest absolute Gasteiger partial charge is 0.419 e. The van der Waals surface area contributed by atoms with Gasteiger partial charge in [-0.05, 0) is 24.3 Å². The number of carbonyl (C=O) groups is 1. The molecule has 0 amide bonds. The summed E-state index contributed by atoms with van der Waals surface area (Å²) in [6, 6.07) is 3.39. The van der Waals surface area contributed by atoms with E-state index in [1.165, 1.54) is 0 Å². The monoisotopic (exact) mass is 320 g/mol. The van der Waals surface area contributed by atoms with E-state index in [-0.39, 0.29) is 6.29 Å². The SMILES string of the molecule is O=Cc1ccc(Oc2ccc(C(F)(F)F)c(F)c2)c(F)c1F. The van der Waals surface area contributed by atoms with Gasteiger partial charge in [-0.3, -0.25) is 4.79 Å². The number of benzene rings is 2. The summed E-state index contributed by atoms with van der Waals surface area (Å²) in [5.74, 6) is -5.75. The highest BCUT2D eigenvalue weighted by molar-refractivity contribution is 5.75. The van der Waals surface area contributed by atoms with Gasteiger partial charge in [-0.1, -0.05) is 0 Å². The van der Waals surface area contributed by atoms with Crippen molar-refractivity contribution in [3.05, 3.63) is 58.9 Å². The Morgan fingerprint density at radius 3 is 2.18 bits per heavy atom. The fourth-order valence-corrected chi connectivity index (χ4v) is 1.63. The van der Waals surface area contributed by atoms with Crippen LogP contribution in [-0.4, -0.2) is 6.29 Å². The van der Waals surface area contributed by atoms with Crippen LogP contribution >= 0.6 is 0 Å². The molecule has 0 saturated heterocycles. The molecule has 0 aliphatic heterocycles. The summed E-state index contributed by atoms with van der Waals surface area (Å²) >= 11 is 0. The molecule has 0 saturated carbocycles. The summed E-state index contributed by atoms with van der Waals surface area (Å²) in [6.07, 6.45) is -4.80. The average Bonchev–Trinajstić information content (AvgIpc) is 2.43. The van der Waals surface area contributed by atoms with Gasteiger partial charge >= 0.3 is 6.18 Å². The van der Waals surface area contributed by atoms with E-state index < -0.39 is 46.3 Å². The van der Waals surface area contributed by atoms with Crippen LogP contribution in [0.15, 0.2) is 30.3 Å². The van der Waals surface area contributed by atoms with Crippen LogP contribution in [0.4, 0.5) is 26.3 Å². The largest absolute Gasteiger partial charge is 0.454 e. The average molecular weight is 320 g/mol. The topological polar surface area (TPSA) is 26.3 Å². The van der Waals surface area contributed by atoms with Gasteiger partial charge in [0.25, 0.3) is 0 Å². The van der Waals surface area contributed by atoms with E-state index in [0.29, 0.717) is 12.1 Å². The molecule has 0 fully saturated rings. The summed E-state index contributed by atoms with van der Waals surface area (Å²) in [7, 11) is 0. The van der Waals surface area contributed by atoms with Gasteiger partial charge in [-0.2, -0.15) is 17.6 Å². The third-order valence-corrected chi connectivity index (χ3v) is 2.68. The number of alkyl halides is 3. The standard InChI is InChI=1S/C14H6F6O2/c15-10-5-8(2-3-9(10)14(18,19)20)22-11-4-1-7(6-21)12(16)13(11)17/h1-6H.